The van der Waals surface area contributed by atoms with Gasteiger partial charge in [0.1, 0.15) is 0 Å². The van der Waals surface area contributed by atoms with Crippen molar-refractivity contribution < 1.29 is 4.79 Å². The molecular weight excluding hydrogens is 318 g/mol. The molecule has 24 heavy (non-hydrogen) atoms. The number of likely N-dealkylation sites (N-methyl/N-ethyl adjacent to an activating group) is 1. The van der Waals surface area contributed by atoms with Gasteiger partial charge in [-0.15, -0.1) is 11.3 Å². The molecule has 132 valence electrons. The molecule has 1 aromatic carbocycles. The zero-order valence-corrected chi connectivity index (χ0v) is 16.0. The first-order valence-corrected chi connectivity index (χ1v) is 9.71. The minimum atomic E-state index is -0.0769. The van der Waals surface area contributed by atoms with E-state index in [2.05, 4.69) is 49.6 Å². The molecule has 4 nitrogen and oxygen atoms in total. The van der Waals surface area contributed by atoms with E-state index in [-0.39, 0.29) is 11.9 Å². The first kappa shape index (κ1) is 18.9. The number of thiazole rings is 1. The number of fused-ring (bicyclic) bond motifs is 1. The Labute approximate surface area is 149 Å². The largest absolute Gasteiger partial charge is 0.355 e. The molecule has 5 heteroatoms. The molecule has 0 spiro atoms. The highest BCUT2D eigenvalue weighted by atomic mass is 32.1. The van der Waals surface area contributed by atoms with Crippen LogP contribution in [0.15, 0.2) is 18.2 Å². The van der Waals surface area contributed by atoms with Gasteiger partial charge in [-0.2, -0.15) is 0 Å². The molecule has 2 N–H and O–H groups in total. The van der Waals surface area contributed by atoms with Crippen molar-refractivity contribution in [1.29, 1.82) is 0 Å². The number of rotatable bonds is 9. The van der Waals surface area contributed by atoms with E-state index in [1.165, 1.54) is 10.3 Å². The summed E-state index contributed by atoms with van der Waals surface area (Å²) in [6, 6.07) is 6.47. The number of nitrogens with zero attached hydrogens (tertiary/aromatic N) is 1. The van der Waals surface area contributed by atoms with Crippen LogP contribution in [0.25, 0.3) is 10.2 Å². The van der Waals surface area contributed by atoms with Gasteiger partial charge in [-0.3, -0.25) is 4.79 Å². The van der Waals surface area contributed by atoms with Crippen LogP contribution in [-0.2, 0) is 11.2 Å². The lowest BCUT2D eigenvalue weighted by Gasteiger charge is -2.14. The summed E-state index contributed by atoms with van der Waals surface area (Å²) in [7, 11) is 1.84. The zero-order chi connectivity index (χ0) is 17.5. The van der Waals surface area contributed by atoms with Crippen LogP contribution in [-0.4, -0.2) is 30.5 Å². The minimum Gasteiger partial charge on any atom is -0.355 e. The highest BCUT2D eigenvalue weighted by Crippen LogP contribution is 2.26. The number of hydrogen-bond donors (Lipinski definition) is 2. The van der Waals surface area contributed by atoms with Crippen molar-refractivity contribution in [1.82, 2.24) is 15.6 Å². The smallest absolute Gasteiger partial charge is 0.237 e. The van der Waals surface area contributed by atoms with Crippen LogP contribution < -0.4 is 10.6 Å². The Hall–Kier alpha value is -1.46. The number of nitrogens with one attached hydrogen (secondary N) is 2. The predicted octanol–water partition coefficient (Wildman–Crippen LogP) is 3.86. The average Bonchev–Trinajstić information content (AvgIpc) is 2.98. The van der Waals surface area contributed by atoms with Crippen molar-refractivity contribution in [3.05, 3.63) is 28.8 Å². The number of benzene rings is 1. The number of carbonyl (C=O) groups excluding carboxylic acids is 1. The summed E-state index contributed by atoms with van der Waals surface area (Å²) in [5, 5.41) is 7.24. The Balaban J connectivity index is 1.84. The van der Waals surface area contributed by atoms with Crippen LogP contribution in [0.4, 0.5) is 0 Å². The number of carbonyl (C=O) groups is 1. The summed E-state index contributed by atoms with van der Waals surface area (Å²) in [5.41, 5.74) is 2.45. The van der Waals surface area contributed by atoms with Crippen molar-refractivity contribution in [3.63, 3.8) is 0 Å². The number of aryl methyl sites for hydroxylation is 1. The molecule has 0 saturated heterocycles. The van der Waals surface area contributed by atoms with Gasteiger partial charge in [-0.1, -0.05) is 33.3 Å². The normalized spacial score (nSPS) is 12.7. The summed E-state index contributed by atoms with van der Waals surface area (Å²) >= 11 is 1.77. The van der Waals surface area contributed by atoms with Gasteiger partial charge in [-0.05, 0) is 43.5 Å². The first-order chi connectivity index (χ1) is 11.5. The maximum absolute atomic E-state index is 12.0. The molecule has 2 rings (SSSR count). The molecule has 0 fully saturated rings. The molecule has 1 heterocycles. The molecule has 0 saturated carbocycles. The van der Waals surface area contributed by atoms with E-state index in [4.69, 9.17) is 4.98 Å². The molecule has 0 bridgehead atoms. The van der Waals surface area contributed by atoms with Gasteiger partial charge in [-0.25, -0.2) is 4.98 Å². The molecule has 1 unspecified atom stereocenters. The summed E-state index contributed by atoms with van der Waals surface area (Å²) in [4.78, 5) is 16.7. The van der Waals surface area contributed by atoms with Gasteiger partial charge in [0.15, 0.2) is 0 Å². The number of hydrogen-bond acceptors (Lipinski definition) is 4. The Morgan fingerprint density at radius 2 is 2.12 bits per heavy atom. The summed E-state index contributed by atoms with van der Waals surface area (Å²) in [6.45, 7) is 7.22. The fourth-order valence-corrected chi connectivity index (χ4v) is 3.78. The van der Waals surface area contributed by atoms with E-state index in [0.717, 1.165) is 36.2 Å². The van der Waals surface area contributed by atoms with Gasteiger partial charge in [0, 0.05) is 13.0 Å². The van der Waals surface area contributed by atoms with Crippen LogP contribution in [0.2, 0.25) is 0 Å². The second-order valence-electron chi connectivity index (χ2n) is 6.51. The lowest BCUT2D eigenvalue weighted by Crippen LogP contribution is -2.42. The van der Waals surface area contributed by atoms with Crippen molar-refractivity contribution in [3.8, 4) is 0 Å². The molecule has 1 atom stereocenters. The van der Waals surface area contributed by atoms with Crippen LogP contribution in [0.5, 0.6) is 0 Å². The van der Waals surface area contributed by atoms with E-state index < -0.39 is 0 Å². The Kier molecular flexibility index (Phi) is 7.18. The Morgan fingerprint density at radius 1 is 1.33 bits per heavy atom. The van der Waals surface area contributed by atoms with Gasteiger partial charge in [0.25, 0.3) is 0 Å². The summed E-state index contributed by atoms with van der Waals surface area (Å²) in [6.07, 6.45) is 3.71. The minimum absolute atomic E-state index is 0.0769. The van der Waals surface area contributed by atoms with E-state index in [0.29, 0.717) is 12.5 Å². The summed E-state index contributed by atoms with van der Waals surface area (Å²) < 4.78 is 1.26. The van der Waals surface area contributed by atoms with Gasteiger partial charge >= 0.3 is 0 Å². The Bertz CT molecular complexity index is 666. The molecular formula is C19H29N3OS. The van der Waals surface area contributed by atoms with Gasteiger partial charge in [0.05, 0.1) is 21.3 Å². The van der Waals surface area contributed by atoms with Crippen molar-refractivity contribution in [2.24, 2.45) is 0 Å². The molecule has 0 aliphatic rings. The second-order valence-corrected chi connectivity index (χ2v) is 7.63. The molecule has 2 aromatic rings. The van der Waals surface area contributed by atoms with Crippen molar-refractivity contribution >= 4 is 27.5 Å². The van der Waals surface area contributed by atoms with E-state index in [1.807, 2.05) is 7.05 Å². The third-order valence-corrected chi connectivity index (χ3v) is 5.31. The molecule has 1 aromatic heterocycles. The lowest BCUT2D eigenvalue weighted by atomic mass is 10.0. The van der Waals surface area contributed by atoms with Crippen LogP contribution >= 0.6 is 11.3 Å². The Morgan fingerprint density at radius 3 is 2.79 bits per heavy atom. The van der Waals surface area contributed by atoms with Crippen molar-refractivity contribution in [2.45, 2.75) is 58.4 Å². The van der Waals surface area contributed by atoms with E-state index in [9.17, 15) is 4.79 Å². The standard InChI is InChI=1S/C19H29N3OS/c1-5-7-16(20-4)19(23)21-11-6-8-18-22-15-10-9-14(13(2)3)12-17(15)24-18/h9-10,12-13,16,20H,5-8,11H2,1-4H3,(H,21,23). The quantitative estimate of drug-likeness (QED) is 0.677. The topological polar surface area (TPSA) is 54.0 Å². The highest BCUT2D eigenvalue weighted by molar-refractivity contribution is 7.18. The van der Waals surface area contributed by atoms with Crippen LogP contribution in [0.1, 0.15) is 56.5 Å². The third kappa shape index (κ3) is 5.02. The third-order valence-electron chi connectivity index (χ3n) is 4.23. The first-order valence-electron chi connectivity index (χ1n) is 8.89. The maximum atomic E-state index is 12.0. The molecule has 1 amide bonds. The number of amides is 1. The van der Waals surface area contributed by atoms with Crippen molar-refractivity contribution in [2.75, 3.05) is 13.6 Å². The zero-order valence-electron chi connectivity index (χ0n) is 15.2. The monoisotopic (exact) mass is 347 g/mol. The fraction of sp³-hybridized carbons (Fsp3) is 0.579. The highest BCUT2D eigenvalue weighted by Gasteiger charge is 2.14. The summed E-state index contributed by atoms with van der Waals surface area (Å²) in [5.74, 6) is 0.642. The van der Waals surface area contributed by atoms with E-state index >= 15 is 0 Å². The second kappa shape index (κ2) is 9.14. The molecule has 0 aliphatic heterocycles. The lowest BCUT2D eigenvalue weighted by molar-refractivity contribution is -0.123. The SMILES string of the molecule is CCCC(NC)C(=O)NCCCc1nc2ccc(C(C)C)cc2s1. The van der Waals surface area contributed by atoms with Crippen LogP contribution in [0.3, 0.4) is 0 Å². The van der Waals surface area contributed by atoms with Crippen LogP contribution in [0, 0.1) is 0 Å². The fourth-order valence-electron chi connectivity index (χ4n) is 2.72. The van der Waals surface area contributed by atoms with E-state index in [1.54, 1.807) is 11.3 Å². The molecule has 0 radical (unpaired) electrons. The number of aromatic nitrogens is 1. The maximum Gasteiger partial charge on any atom is 0.237 e. The predicted molar refractivity (Wildman–Crippen MR) is 103 cm³/mol. The average molecular weight is 348 g/mol. The van der Waals surface area contributed by atoms with Gasteiger partial charge in [0.2, 0.25) is 5.91 Å². The van der Waals surface area contributed by atoms with Gasteiger partial charge < -0.3 is 10.6 Å². The molecule has 0 aliphatic carbocycles.